The summed E-state index contributed by atoms with van der Waals surface area (Å²) in [5.41, 5.74) is -0.479. The van der Waals surface area contributed by atoms with E-state index in [9.17, 15) is 14.7 Å². The van der Waals surface area contributed by atoms with Gasteiger partial charge in [-0.2, -0.15) is 0 Å². The van der Waals surface area contributed by atoms with Crippen molar-refractivity contribution in [3.05, 3.63) is 63.4 Å². The van der Waals surface area contributed by atoms with Crippen molar-refractivity contribution in [2.45, 2.75) is 76.0 Å². The zero-order chi connectivity index (χ0) is 26.9. The van der Waals surface area contributed by atoms with Gasteiger partial charge in [-0.3, -0.25) is 9.59 Å². The van der Waals surface area contributed by atoms with Crippen LogP contribution in [0.2, 0.25) is 10.0 Å². The van der Waals surface area contributed by atoms with Crippen molar-refractivity contribution in [1.82, 2.24) is 5.32 Å². The molecule has 3 N–H and O–H groups in total. The predicted octanol–water partition coefficient (Wildman–Crippen LogP) is 5.40. The molecule has 1 saturated carbocycles. The van der Waals surface area contributed by atoms with Gasteiger partial charge in [0, 0.05) is 41.2 Å². The Labute approximate surface area is 225 Å². The van der Waals surface area contributed by atoms with E-state index in [1.807, 2.05) is 0 Å². The van der Waals surface area contributed by atoms with E-state index >= 15 is 4.39 Å². The standard InChI is InChI=1S/C28H30Cl2FN3O3/c1-26(2,3)13-20-28(17-9-8-14(29)10-19(17)33-25(28)36)21(16-6-5-7-18(30)22(16)31)23(34-20)24(35)32-15-11-27(4,37)12-15/h5-10,20-21,23,34,37H,11-13H2,1-4H3,(H,33,36)/t20-,21+,23-,27?,28+/m1/s1. The van der Waals surface area contributed by atoms with Gasteiger partial charge in [0.1, 0.15) is 11.2 Å². The number of carbonyl (C=O) groups is 2. The van der Waals surface area contributed by atoms with Crippen LogP contribution in [0.4, 0.5) is 10.1 Å². The molecule has 196 valence electrons. The number of nitrogens with zero attached hydrogens (tertiary/aromatic N) is 1. The van der Waals surface area contributed by atoms with Crippen molar-refractivity contribution in [3.8, 4) is 0 Å². The first-order valence-electron chi connectivity index (χ1n) is 12.4. The lowest BCUT2D eigenvalue weighted by molar-refractivity contribution is -0.122. The zero-order valence-corrected chi connectivity index (χ0v) is 22.7. The van der Waals surface area contributed by atoms with Gasteiger partial charge in [-0.1, -0.05) is 62.2 Å². The number of aliphatic hydroxyl groups is 1. The summed E-state index contributed by atoms with van der Waals surface area (Å²) in [7, 11) is 0. The number of hydrogen-bond donors (Lipinski definition) is 3. The highest BCUT2D eigenvalue weighted by molar-refractivity contribution is 6.31. The summed E-state index contributed by atoms with van der Waals surface area (Å²) in [4.78, 5) is 32.1. The summed E-state index contributed by atoms with van der Waals surface area (Å²) < 4.78 is 15.7. The number of benzene rings is 2. The van der Waals surface area contributed by atoms with Gasteiger partial charge >= 0.3 is 0 Å². The SMILES string of the molecule is CC(C)(C)C[C@H]1N[C@@H](C(=O)N=C2CC(C)(O)C2)[C@H](c2cccc(Cl)c2F)[C@@]12C(=O)Nc1cc(Cl)ccc12. The third-order valence-corrected chi connectivity index (χ3v) is 8.17. The fraction of sp³-hybridized carbons (Fsp3) is 0.464. The molecule has 4 atom stereocenters. The number of amides is 2. The highest BCUT2D eigenvalue weighted by Gasteiger charge is 2.66. The van der Waals surface area contributed by atoms with E-state index in [-0.39, 0.29) is 21.9 Å². The van der Waals surface area contributed by atoms with Gasteiger partial charge in [0.15, 0.2) is 0 Å². The van der Waals surface area contributed by atoms with Crippen molar-refractivity contribution in [1.29, 1.82) is 0 Å². The normalized spacial score (nSPS) is 30.8. The molecular formula is C28H30Cl2FN3O3. The number of nitrogens with one attached hydrogen (secondary N) is 2. The molecule has 0 radical (unpaired) electrons. The zero-order valence-electron chi connectivity index (χ0n) is 21.2. The van der Waals surface area contributed by atoms with Crippen molar-refractivity contribution in [2.75, 3.05) is 5.32 Å². The Morgan fingerprint density at radius 1 is 1.22 bits per heavy atom. The van der Waals surface area contributed by atoms with Gasteiger partial charge in [-0.25, -0.2) is 9.38 Å². The van der Waals surface area contributed by atoms with E-state index in [2.05, 4.69) is 36.4 Å². The number of fused-ring (bicyclic) bond motifs is 2. The Balaban J connectivity index is 1.73. The molecule has 1 spiro atoms. The van der Waals surface area contributed by atoms with E-state index in [0.29, 0.717) is 41.2 Å². The molecule has 2 amide bonds. The summed E-state index contributed by atoms with van der Waals surface area (Å²) in [6.07, 6.45) is 1.11. The fourth-order valence-corrected chi connectivity index (χ4v) is 6.62. The maximum Gasteiger partial charge on any atom is 0.263 e. The Morgan fingerprint density at radius 3 is 2.57 bits per heavy atom. The lowest BCUT2D eigenvalue weighted by Crippen LogP contribution is -2.49. The van der Waals surface area contributed by atoms with Gasteiger partial charge in [0.05, 0.1) is 16.7 Å². The van der Waals surface area contributed by atoms with Crippen LogP contribution < -0.4 is 10.6 Å². The highest BCUT2D eigenvalue weighted by atomic mass is 35.5. The Bertz CT molecular complexity index is 1330. The largest absolute Gasteiger partial charge is 0.389 e. The van der Waals surface area contributed by atoms with Crippen LogP contribution >= 0.6 is 23.2 Å². The summed E-state index contributed by atoms with van der Waals surface area (Å²) in [5.74, 6) is -2.43. The second kappa shape index (κ2) is 8.87. The molecule has 6 nitrogen and oxygen atoms in total. The average molecular weight is 546 g/mol. The van der Waals surface area contributed by atoms with E-state index < -0.39 is 40.7 Å². The minimum absolute atomic E-state index is 0.0887. The first kappa shape index (κ1) is 26.3. The monoisotopic (exact) mass is 545 g/mol. The van der Waals surface area contributed by atoms with Crippen molar-refractivity contribution >= 4 is 46.4 Å². The molecule has 0 unspecified atom stereocenters. The summed E-state index contributed by atoms with van der Waals surface area (Å²) in [6, 6.07) is 8.29. The van der Waals surface area contributed by atoms with E-state index in [4.69, 9.17) is 23.2 Å². The van der Waals surface area contributed by atoms with Crippen LogP contribution in [0.5, 0.6) is 0 Å². The second-order valence-electron chi connectivity index (χ2n) is 12.0. The van der Waals surface area contributed by atoms with Crippen LogP contribution in [0.25, 0.3) is 0 Å². The second-order valence-corrected chi connectivity index (χ2v) is 12.8. The molecule has 2 aliphatic heterocycles. The van der Waals surface area contributed by atoms with Crippen LogP contribution in [-0.4, -0.2) is 40.3 Å². The molecule has 0 aromatic heterocycles. The number of rotatable bonds is 3. The van der Waals surface area contributed by atoms with Crippen LogP contribution in [0.3, 0.4) is 0 Å². The van der Waals surface area contributed by atoms with Crippen LogP contribution in [0.1, 0.15) is 64.0 Å². The molecule has 3 aliphatic rings. The van der Waals surface area contributed by atoms with Gasteiger partial charge < -0.3 is 15.7 Å². The number of anilines is 1. The van der Waals surface area contributed by atoms with Gasteiger partial charge in [-0.05, 0) is 48.1 Å². The first-order chi connectivity index (χ1) is 17.2. The van der Waals surface area contributed by atoms with Crippen LogP contribution in [-0.2, 0) is 15.0 Å². The maximum atomic E-state index is 15.7. The van der Waals surface area contributed by atoms with Crippen LogP contribution in [0, 0.1) is 11.2 Å². The molecule has 2 aromatic rings. The first-order valence-corrected chi connectivity index (χ1v) is 13.1. The topological polar surface area (TPSA) is 90.8 Å². The smallest absolute Gasteiger partial charge is 0.263 e. The van der Waals surface area contributed by atoms with Gasteiger partial charge in [0.25, 0.3) is 5.91 Å². The lowest BCUT2D eigenvalue weighted by Gasteiger charge is -2.37. The third-order valence-electron chi connectivity index (χ3n) is 7.64. The van der Waals surface area contributed by atoms with Crippen molar-refractivity contribution in [3.63, 3.8) is 0 Å². The maximum absolute atomic E-state index is 15.7. The number of hydrogen-bond acceptors (Lipinski definition) is 4. The molecule has 5 rings (SSSR count). The molecule has 1 saturated heterocycles. The number of halogens is 3. The molecule has 37 heavy (non-hydrogen) atoms. The van der Waals surface area contributed by atoms with E-state index in [1.165, 1.54) is 6.07 Å². The molecular weight excluding hydrogens is 516 g/mol. The molecule has 9 heteroatoms. The molecule has 1 aliphatic carbocycles. The van der Waals surface area contributed by atoms with Crippen molar-refractivity contribution < 1.29 is 19.1 Å². The molecule has 2 heterocycles. The fourth-order valence-electron chi connectivity index (χ4n) is 6.27. The average Bonchev–Trinajstić information content (AvgIpc) is 3.23. The molecule has 2 aromatic carbocycles. The molecule has 0 bridgehead atoms. The minimum Gasteiger partial charge on any atom is -0.389 e. The number of aliphatic imine (C=N–C) groups is 1. The Morgan fingerprint density at radius 2 is 1.92 bits per heavy atom. The van der Waals surface area contributed by atoms with Gasteiger partial charge in [-0.15, -0.1) is 0 Å². The minimum atomic E-state index is -1.32. The Kier molecular flexibility index (Phi) is 6.30. The van der Waals surface area contributed by atoms with Crippen molar-refractivity contribution in [2.24, 2.45) is 10.4 Å². The summed E-state index contributed by atoms with van der Waals surface area (Å²) in [5, 5.41) is 16.9. The molecule has 2 fully saturated rings. The van der Waals surface area contributed by atoms with Gasteiger partial charge in [0.2, 0.25) is 5.91 Å². The third kappa shape index (κ3) is 4.40. The van der Waals surface area contributed by atoms with Crippen LogP contribution in [0.15, 0.2) is 41.4 Å². The number of carbonyl (C=O) groups excluding carboxylic acids is 2. The lowest BCUT2D eigenvalue weighted by atomic mass is 9.62. The highest BCUT2D eigenvalue weighted by Crippen LogP contribution is 2.57. The summed E-state index contributed by atoms with van der Waals surface area (Å²) >= 11 is 12.5. The predicted molar refractivity (Wildman–Crippen MR) is 143 cm³/mol. The quantitative estimate of drug-likeness (QED) is 0.481. The summed E-state index contributed by atoms with van der Waals surface area (Å²) in [6.45, 7) is 7.85. The van der Waals surface area contributed by atoms with E-state index in [0.717, 1.165) is 0 Å². The Hall–Kier alpha value is -2.32. The van der Waals surface area contributed by atoms with E-state index in [1.54, 1.807) is 37.3 Å².